The molecule has 0 saturated heterocycles. The SMILES string of the molecule is CC[C@@]1(OC(=O)CCCl)C(=O)OCc2c1cc1n(c2=O)Cc2cc3ccccc3nc2-1. The quantitative estimate of drug-likeness (QED) is 0.359. The van der Waals surface area contributed by atoms with Gasteiger partial charge in [0, 0.05) is 22.4 Å². The van der Waals surface area contributed by atoms with Crippen LogP contribution in [0, 0.1) is 0 Å². The summed E-state index contributed by atoms with van der Waals surface area (Å²) in [5, 5.41) is 0.989. The highest BCUT2D eigenvalue weighted by molar-refractivity contribution is 6.18. The fourth-order valence-corrected chi connectivity index (χ4v) is 4.56. The van der Waals surface area contributed by atoms with E-state index in [-0.39, 0.29) is 30.9 Å². The van der Waals surface area contributed by atoms with Crippen molar-refractivity contribution in [1.29, 1.82) is 0 Å². The Hall–Kier alpha value is -3.19. The number of halogens is 1. The van der Waals surface area contributed by atoms with Crippen LogP contribution in [-0.4, -0.2) is 27.4 Å². The van der Waals surface area contributed by atoms with E-state index in [2.05, 4.69) is 0 Å². The lowest BCUT2D eigenvalue weighted by molar-refractivity contribution is -0.189. The second-order valence-electron chi connectivity index (χ2n) is 7.67. The van der Waals surface area contributed by atoms with Crippen LogP contribution in [0.5, 0.6) is 0 Å². The molecule has 2 aromatic heterocycles. The summed E-state index contributed by atoms with van der Waals surface area (Å²) in [5.41, 5.74) is 1.77. The van der Waals surface area contributed by atoms with Crippen LogP contribution in [0.2, 0.25) is 0 Å². The summed E-state index contributed by atoms with van der Waals surface area (Å²) in [5.74, 6) is -1.23. The van der Waals surface area contributed by atoms with Crippen molar-refractivity contribution in [2.75, 3.05) is 5.88 Å². The summed E-state index contributed by atoms with van der Waals surface area (Å²) in [6.07, 6.45) is 0.0833. The number of carbonyl (C=O) groups is 2. The number of rotatable bonds is 4. The minimum absolute atomic E-state index is 0.0494. The maximum atomic E-state index is 13.4. The fourth-order valence-electron chi connectivity index (χ4n) is 4.40. The molecule has 4 heterocycles. The molecule has 0 aliphatic carbocycles. The number of hydrogen-bond donors (Lipinski definition) is 0. The third-order valence-electron chi connectivity index (χ3n) is 5.97. The average molecular weight is 439 g/mol. The lowest BCUT2D eigenvalue weighted by Gasteiger charge is -2.35. The predicted molar refractivity (Wildman–Crippen MR) is 114 cm³/mol. The van der Waals surface area contributed by atoms with Gasteiger partial charge in [0.05, 0.1) is 35.4 Å². The molecule has 0 spiro atoms. The topological polar surface area (TPSA) is 87.5 Å². The summed E-state index contributed by atoms with van der Waals surface area (Å²) >= 11 is 5.67. The van der Waals surface area contributed by atoms with E-state index in [9.17, 15) is 14.4 Å². The van der Waals surface area contributed by atoms with Crippen LogP contribution in [-0.2, 0) is 37.8 Å². The number of carbonyl (C=O) groups excluding carboxylic acids is 2. The number of esters is 2. The summed E-state index contributed by atoms with van der Waals surface area (Å²) in [7, 11) is 0. The first-order valence-electron chi connectivity index (χ1n) is 10.1. The van der Waals surface area contributed by atoms with E-state index in [4.69, 9.17) is 26.1 Å². The standard InChI is InChI=1S/C23H19ClN2O5/c1-2-23(31-19(27)7-8-24)16-10-18-20-14(9-13-5-3-4-6-17(13)25-20)11-26(18)21(28)15(16)12-30-22(23)29/h3-6,9-10H,2,7-8,11-12H2,1H3/t23-/m0/s1. The monoisotopic (exact) mass is 438 g/mol. The minimum Gasteiger partial charge on any atom is -0.457 e. The number of alkyl halides is 1. The highest BCUT2D eigenvalue weighted by atomic mass is 35.5. The Kier molecular flexibility index (Phi) is 4.59. The Morgan fingerprint density at radius 3 is 2.87 bits per heavy atom. The van der Waals surface area contributed by atoms with Crippen LogP contribution >= 0.6 is 11.6 Å². The minimum atomic E-state index is -1.68. The zero-order valence-electron chi connectivity index (χ0n) is 16.8. The molecule has 2 aliphatic rings. The van der Waals surface area contributed by atoms with E-state index >= 15 is 0 Å². The molecule has 1 atom stereocenters. The lowest BCUT2D eigenvalue weighted by Crippen LogP contribution is -2.47. The van der Waals surface area contributed by atoms with E-state index in [1.165, 1.54) is 0 Å². The van der Waals surface area contributed by atoms with Gasteiger partial charge in [-0.2, -0.15) is 0 Å². The number of nitrogens with zero attached hydrogens (tertiary/aromatic N) is 2. The first-order valence-corrected chi connectivity index (χ1v) is 10.6. The first-order chi connectivity index (χ1) is 15.0. The van der Waals surface area contributed by atoms with Gasteiger partial charge in [-0.25, -0.2) is 9.78 Å². The van der Waals surface area contributed by atoms with Gasteiger partial charge in [0.1, 0.15) is 6.61 Å². The van der Waals surface area contributed by atoms with Crippen molar-refractivity contribution in [2.24, 2.45) is 0 Å². The van der Waals surface area contributed by atoms with Crippen LogP contribution in [0.3, 0.4) is 0 Å². The number of cyclic esters (lactones) is 1. The normalized spacial score (nSPS) is 18.8. The molecule has 1 aromatic carbocycles. The first kappa shape index (κ1) is 19.8. The van der Waals surface area contributed by atoms with Crippen molar-refractivity contribution in [3.63, 3.8) is 0 Å². The Labute approximate surface area is 182 Å². The third-order valence-corrected chi connectivity index (χ3v) is 6.16. The van der Waals surface area contributed by atoms with Gasteiger partial charge < -0.3 is 14.0 Å². The molecule has 0 fully saturated rings. The second-order valence-corrected chi connectivity index (χ2v) is 8.05. The van der Waals surface area contributed by atoms with Gasteiger partial charge in [0.15, 0.2) is 0 Å². The van der Waals surface area contributed by atoms with Crippen molar-refractivity contribution >= 4 is 34.4 Å². The Morgan fingerprint density at radius 2 is 2.10 bits per heavy atom. The van der Waals surface area contributed by atoms with Crippen LogP contribution in [0.25, 0.3) is 22.3 Å². The Morgan fingerprint density at radius 1 is 1.29 bits per heavy atom. The molecule has 7 nitrogen and oxygen atoms in total. The van der Waals surface area contributed by atoms with Crippen LogP contribution in [0.4, 0.5) is 0 Å². The third kappa shape index (κ3) is 2.87. The zero-order chi connectivity index (χ0) is 21.8. The highest BCUT2D eigenvalue weighted by Gasteiger charge is 2.50. The maximum absolute atomic E-state index is 13.4. The molecule has 0 amide bonds. The van der Waals surface area contributed by atoms with E-state index in [0.29, 0.717) is 29.1 Å². The molecule has 0 unspecified atom stereocenters. The van der Waals surface area contributed by atoms with Crippen molar-refractivity contribution < 1.29 is 19.1 Å². The highest BCUT2D eigenvalue weighted by Crippen LogP contribution is 2.41. The number of aromatic nitrogens is 2. The average Bonchev–Trinajstić information content (AvgIpc) is 3.12. The number of hydrogen-bond acceptors (Lipinski definition) is 6. The van der Waals surface area contributed by atoms with Crippen molar-refractivity contribution in [2.45, 2.75) is 38.5 Å². The van der Waals surface area contributed by atoms with Gasteiger partial charge in [0.25, 0.3) is 5.56 Å². The molecular weight excluding hydrogens is 420 g/mol. The summed E-state index contributed by atoms with van der Waals surface area (Å²) in [6, 6.07) is 11.5. The number of benzene rings is 1. The predicted octanol–water partition coefficient (Wildman–Crippen LogP) is 3.26. The molecule has 5 rings (SSSR count). The van der Waals surface area contributed by atoms with Gasteiger partial charge in [-0.15, -0.1) is 11.6 Å². The molecule has 31 heavy (non-hydrogen) atoms. The van der Waals surface area contributed by atoms with E-state index in [0.717, 1.165) is 16.5 Å². The number of pyridine rings is 2. The van der Waals surface area contributed by atoms with Crippen LogP contribution in [0.1, 0.15) is 36.5 Å². The van der Waals surface area contributed by atoms with E-state index in [1.54, 1.807) is 17.6 Å². The number of para-hydroxylation sites is 1. The molecule has 0 saturated carbocycles. The summed E-state index contributed by atoms with van der Waals surface area (Å²) < 4.78 is 12.5. The number of ether oxygens (including phenoxy) is 2. The zero-order valence-corrected chi connectivity index (χ0v) is 17.6. The van der Waals surface area contributed by atoms with E-state index in [1.807, 2.05) is 30.3 Å². The molecule has 0 N–H and O–H groups in total. The fraction of sp³-hybridized carbons (Fsp3) is 0.304. The molecule has 158 valence electrons. The van der Waals surface area contributed by atoms with Crippen LogP contribution < -0.4 is 5.56 Å². The number of fused-ring (bicyclic) bond motifs is 5. The van der Waals surface area contributed by atoms with Gasteiger partial charge in [-0.1, -0.05) is 25.1 Å². The summed E-state index contributed by atoms with van der Waals surface area (Å²) in [6.45, 7) is 1.94. The molecule has 0 bridgehead atoms. The second kappa shape index (κ2) is 7.20. The van der Waals surface area contributed by atoms with Crippen molar-refractivity contribution in [3.05, 3.63) is 63.4 Å². The van der Waals surface area contributed by atoms with Crippen molar-refractivity contribution in [3.8, 4) is 11.4 Å². The van der Waals surface area contributed by atoms with E-state index < -0.39 is 17.5 Å². The molecule has 2 aliphatic heterocycles. The van der Waals surface area contributed by atoms with Gasteiger partial charge in [0.2, 0.25) is 5.60 Å². The molecular formula is C23H19ClN2O5. The summed E-state index contributed by atoms with van der Waals surface area (Å²) in [4.78, 5) is 43.2. The Bertz CT molecular complexity index is 1320. The molecule has 0 radical (unpaired) electrons. The van der Waals surface area contributed by atoms with Crippen LogP contribution in [0.15, 0.2) is 41.2 Å². The largest absolute Gasteiger partial charge is 0.457 e. The lowest BCUT2D eigenvalue weighted by atomic mass is 9.85. The van der Waals surface area contributed by atoms with Gasteiger partial charge in [-0.3, -0.25) is 9.59 Å². The smallest absolute Gasteiger partial charge is 0.355 e. The van der Waals surface area contributed by atoms with Gasteiger partial charge >= 0.3 is 11.9 Å². The molecule has 8 heteroatoms. The Balaban J connectivity index is 1.73. The van der Waals surface area contributed by atoms with Gasteiger partial charge in [-0.05, 0) is 24.6 Å². The molecule has 3 aromatic rings. The van der Waals surface area contributed by atoms with Crippen molar-refractivity contribution in [1.82, 2.24) is 9.55 Å². The maximum Gasteiger partial charge on any atom is 0.355 e.